The number of β-amino-alcohol motifs (C(OH)–C–C–N with tert-alkyl or cyclic N) is 1. The minimum Gasteiger partial charge on any atom is -0.396 e. The lowest BCUT2D eigenvalue weighted by molar-refractivity contribution is -0.290. The van der Waals surface area contributed by atoms with E-state index in [0.29, 0.717) is 25.7 Å². The number of nitrogens with zero attached hydrogens (tertiary/aromatic N) is 1. The van der Waals surface area contributed by atoms with E-state index in [9.17, 15) is 0 Å². The Morgan fingerprint density at radius 1 is 0.969 bits per heavy atom. The van der Waals surface area contributed by atoms with Gasteiger partial charge >= 0.3 is 0 Å². The van der Waals surface area contributed by atoms with Gasteiger partial charge in [-0.2, -0.15) is 0 Å². The summed E-state index contributed by atoms with van der Waals surface area (Å²) in [5.74, 6) is -0.453. The first kappa shape index (κ1) is 29.7. The van der Waals surface area contributed by atoms with Crippen LogP contribution in [0.3, 0.4) is 0 Å². The molecule has 0 aromatic rings. The number of aliphatic hydroxyl groups excluding tert-OH is 3. The van der Waals surface area contributed by atoms with Crippen LogP contribution in [0, 0.1) is 11.3 Å². The van der Waals surface area contributed by atoms with Gasteiger partial charge in [0.25, 0.3) is 0 Å². The molecule has 0 spiro atoms. The molecule has 3 aliphatic heterocycles. The molecule has 3 saturated heterocycles. The fourth-order valence-corrected chi connectivity index (χ4v) is 3.50. The molecule has 2 unspecified atom stereocenters. The van der Waals surface area contributed by atoms with Gasteiger partial charge in [0.1, 0.15) is 12.3 Å². The number of hydrogen-bond acceptors (Lipinski definition) is 9. The van der Waals surface area contributed by atoms with E-state index >= 15 is 0 Å². The van der Waals surface area contributed by atoms with Crippen molar-refractivity contribution >= 4 is 0 Å². The molecule has 0 aromatic heterocycles. The van der Waals surface area contributed by atoms with Gasteiger partial charge < -0.3 is 39.0 Å². The summed E-state index contributed by atoms with van der Waals surface area (Å²) in [7, 11) is 0. The summed E-state index contributed by atoms with van der Waals surface area (Å²) in [6.45, 7) is 18.4. The van der Waals surface area contributed by atoms with Crippen molar-refractivity contribution in [2.75, 3.05) is 59.3 Å². The third kappa shape index (κ3) is 9.87. The Morgan fingerprint density at radius 2 is 1.59 bits per heavy atom. The maximum atomic E-state index is 9.15. The van der Waals surface area contributed by atoms with Crippen LogP contribution >= 0.6 is 0 Å². The smallest absolute Gasteiger partial charge is 0.163 e. The molecule has 192 valence electrons. The summed E-state index contributed by atoms with van der Waals surface area (Å²) >= 11 is 0. The van der Waals surface area contributed by atoms with Gasteiger partial charge in [-0.25, -0.2) is 0 Å². The molecule has 3 heterocycles. The highest BCUT2D eigenvalue weighted by atomic mass is 16.7. The van der Waals surface area contributed by atoms with E-state index in [2.05, 4.69) is 18.7 Å². The first-order valence-electron chi connectivity index (χ1n) is 11.7. The molecule has 32 heavy (non-hydrogen) atoms. The van der Waals surface area contributed by atoms with Gasteiger partial charge in [0.2, 0.25) is 0 Å². The van der Waals surface area contributed by atoms with Gasteiger partial charge in [-0.3, -0.25) is 4.90 Å². The van der Waals surface area contributed by atoms with Crippen LogP contribution in [0.5, 0.6) is 0 Å². The van der Waals surface area contributed by atoms with Crippen LogP contribution in [-0.2, 0) is 23.7 Å². The lowest BCUT2D eigenvalue weighted by atomic mass is 9.87. The van der Waals surface area contributed by atoms with Crippen molar-refractivity contribution in [3.63, 3.8) is 0 Å². The number of rotatable bonds is 6. The highest BCUT2D eigenvalue weighted by Gasteiger charge is 2.38. The van der Waals surface area contributed by atoms with Crippen LogP contribution in [0.4, 0.5) is 0 Å². The molecule has 0 aliphatic carbocycles. The second-order valence-corrected chi connectivity index (χ2v) is 9.89. The van der Waals surface area contributed by atoms with E-state index in [-0.39, 0.29) is 37.6 Å². The van der Waals surface area contributed by atoms with Crippen LogP contribution in [0.2, 0.25) is 0 Å². The van der Waals surface area contributed by atoms with Crippen molar-refractivity contribution in [3.8, 4) is 0 Å². The van der Waals surface area contributed by atoms with Crippen LogP contribution in [0.1, 0.15) is 54.9 Å². The zero-order valence-electron chi connectivity index (χ0n) is 21.1. The molecule has 9 nitrogen and oxygen atoms in total. The summed E-state index contributed by atoms with van der Waals surface area (Å²) in [6, 6.07) is 0. The SMILES string of the molecule is CC(C)C1OCCN1CCO.CC1(C)OCC(CO)O1.CCC1(CO)COC(C)(C)OC1. The second kappa shape index (κ2) is 13.5. The maximum absolute atomic E-state index is 9.15. The first-order valence-corrected chi connectivity index (χ1v) is 11.7. The number of aliphatic hydroxyl groups is 3. The quantitative estimate of drug-likeness (QED) is 0.538. The minimum atomic E-state index is -0.493. The monoisotopic (exact) mass is 465 g/mol. The normalized spacial score (nSPS) is 28.6. The minimum absolute atomic E-state index is 0.0451. The molecule has 0 radical (unpaired) electrons. The highest BCUT2D eigenvalue weighted by molar-refractivity contribution is 4.81. The molecular formula is C23H47NO8. The van der Waals surface area contributed by atoms with Crippen molar-refractivity contribution in [1.82, 2.24) is 4.90 Å². The van der Waals surface area contributed by atoms with Crippen molar-refractivity contribution in [3.05, 3.63) is 0 Å². The van der Waals surface area contributed by atoms with E-state index in [1.807, 2.05) is 34.6 Å². The van der Waals surface area contributed by atoms with Crippen molar-refractivity contribution < 1.29 is 39.0 Å². The molecule has 0 aromatic carbocycles. The molecule has 3 rings (SSSR count). The van der Waals surface area contributed by atoms with Crippen LogP contribution < -0.4 is 0 Å². The highest BCUT2D eigenvalue weighted by Crippen LogP contribution is 2.31. The Labute approximate surface area is 193 Å². The predicted molar refractivity (Wildman–Crippen MR) is 121 cm³/mol. The Kier molecular flexibility index (Phi) is 12.5. The van der Waals surface area contributed by atoms with Crippen molar-refractivity contribution in [2.24, 2.45) is 11.3 Å². The van der Waals surface area contributed by atoms with E-state index in [0.717, 1.165) is 26.1 Å². The summed E-state index contributed by atoms with van der Waals surface area (Å²) in [6.07, 6.45) is 0.988. The summed E-state index contributed by atoms with van der Waals surface area (Å²) < 4.78 is 26.8. The maximum Gasteiger partial charge on any atom is 0.163 e. The average molecular weight is 466 g/mol. The van der Waals surface area contributed by atoms with Gasteiger partial charge in [0, 0.05) is 18.5 Å². The molecule has 3 aliphatic rings. The number of hydrogen-bond donors (Lipinski definition) is 3. The zero-order chi connectivity index (χ0) is 24.4. The van der Waals surface area contributed by atoms with Crippen molar-refractivity contribution in [1.29, 1.82) is 0 Å². The van der Waals surface area contributed by atoms with E-state index < -0.39 is 11.6 Å². The molecule has 2 atom stereocenters. The standard InChI is InChI=1S/C9H18O3.C8H17NO2.C6H12O3/c1-4-9(5-10)6-11-8(2,3)12-7-9;1-7(2)8-9(3-5-10)4-6-11-8;1-6(2)8-4-5(3-7)9-6/h10H,4-7H2,1-3H3;7-8,10H,3-6H2,1-2H3;5,7H,3-4H2,1-2H3. The van der Waals surface area contributed by atoms with E-state index in [1.54, 1.807) is 0 Å². The Hall–Kier alpha value is -0.360. The second-order valence-electron chi connectivity index (χ2n) is 9.89. The molecule has 0 saturated carbocycles. The predicted octanol–water partition coefficient (Wildman–Crippen LogP) is 1.58. The summed E-state index contributed by atoms with van der Waals surface area (Å²) in [5, 5.41) is 26.5. The molecule has 3 N–H and O–H groups in total. The van der Waals surface area contributed by atoms with Gasteiger partial charge in [0.15, 0.2) is 11.6 Å². The molecule has 9 heteroatoms. The summed E-state index contributed by atoms with van der Waals surface area (Å²) in [5.41, 5.74) is -0.171. The lowest BCUT2D eigenvalue weighted by Crippen LogP contribution is -2.48. The zero-order valence-corrected chi connectivity index (χ0v) is 21.1. The molecule has 0 bridgehead atoms. The van der Waals surface area contributed by atoms with Gasteiger partial charge in [-0.05, 0) is 40.0 Å². The molecule has 0 amide bonds. The largest absolute Gasteiger partial charge is 0.396 e. The first-order chi connectivity index (χ1) is 14.9. The van der Waals surface area contributed by atoms with Crippen LogP contribution in [0.15, 0.2) is 0 Å². The van der Waals surface area contributed by atoms with Gasteiger partial charge in [-0.1, -0.05) is 20.8 Å². The molecule has 3 fully saturated rings. The van der Waals surface area contributed by atoms with Crippen LogP contribution in [0.25, 0.3) is 0 Å². The molecular weight excluding hydrogens is 418 g/mol. The summed E-state index contributed by atoms with van der Waals surface area (Å²) in [4.78, 5) is 2.19. The third-order valence-corrected chi connectivity index (χ3v) is 5.79. The van der Waals surface area contributed by atoms with Gasteiger partial charge in [-0.15, -0.1) is 0 Å². The topological polar surface area (TPSA) is 110 Å². The van der Waals surface area contributed by atoms with Crippen molar-refractivity contribution in [2.45, 2.75) is 78.8 Å². The fourth-order valence-electron chi connectivity index (χ4n) is 3.50. The third-order valence-electron chi connectivity index (χ3n) is 5.79. The Balaban J connectivity index is 0.000000242. The number of ether oxygens (including phenoxy) is 5. The average Bonchev–Trinajstić information content (AvgIpc) is 3.36. The van der Waals surface area contributed by atoms with Gasteiger partial charge in [0.05, 0.1) is 46.2 Å². The Bertz CT molecular complexity index is 498. The fraction of sp³-hybridized carbons (Fsp3) is 1.00. The lowest BCUT2D eigenvalue weighted by Gasteiger charge is -2.42. The van der Waals surface area contributed by atoms with E-state index in [1.165, 1.54) is 0 Å². The Morgan fingerprint density at radius 3 is 1.97 bits per heavy atom. The van der Waals surface area contributed by atoms with E-state index in [4.69, 9.17) is 39.0 Å². The van der Waals surface area contributed by atoms with Crippen LogP contribution in [-0.4, -0.2) is 103 Å².